The molecule has 2 aliphatic heterocycles. The lowest BCUT2D eigenvalue weighted by atomic mass is 10.2. The van der Waals surface area contributed by atoms with E-state index in [9.17, 15) is 4.79 Å². The number of hydrogen-bond donors (Lipinski definition) is 2. The maximum Gasteiger partial charge on any atom is 0.269 e. The first-order valence-electron chi connectivity index (χ1n) is 7.51. The first kappa shape index (κ1) is 13.1. The molecule has 1 aliphatic carbocycles. The van der Waals surface area contributed by atoms with Gasteiger partial charge in [0, 0.05) is 18.6 Å². The molecule has 1 aromatic rings. The van der Waals surface area contributed by atoms with Gasteiger partial charge in [-0.2, -0.15) is 0 Å². The van der Waals surface area contributed by atoms with E-state index in [1.54, 1.807) is 18.5 Å². The van der Waals surface area contributed by atoms with Crippen LogP contribution in [-0.2, 0) is 11.3 Å². The minimum Gasteiger partial charge on any atom is -0.358 e. The molecule has 1 atom stereocenters. The summed E-state index contributed by atoms with van der Waals surface area (Å²) in [7, 11) is 0. The molecule has 1 amide bonds. The van der Waals surface area contributed by atoms with E-state index in [4.69, 9.17) is 0 Å². The van der Waals surface area contributed by atoms with Gasteiger partial charge < -0.3 is 15.5 Å². The van der Waals surface area contributed by atoms with E-state index in [1.807, 2.05) is 24.4 Å². The first-order valence-corrected chi connectivity index (χ1v) is 7.51. The van der Waals surface area contributed by atoms with Crippen LogP contribution >= 0.6 is 0 Å². The average molecular weight is 295 g/mol. The van der Waals surface area contributed by atoms with Crippen molar-refractivity contribution in [1.82, 2.24) is 25.5 Å². The topological polar surface area (TPSA) is 70.2 Å². The molecule has 1 fully saturated rings. The van der Waals surface area contributed by atoms with Crippen LogP contribution in [0.25, 0.3) is 0 Å². The van der Waals surface area contributed by atoms with Crippen LogP contribution in [0.15, 0.2) is 54.3 Å². The van der Waals surface area contributed by atoms with Crippen molar-refractivity contribution in [2.45, 2.75) is 25.6 Å². The minimum absolute atomic E-state index is 0.115. The average Bonchev–Trinajstić information content (AvgIpc) is 3.34. The van der Waals surface area contributed by atoms with Crippen LogP contribution < -0.4 is 10.6 Å². The highest BCUT2D eigenvalue weighted by Crippen LogP contribution is 2.39. The molecule has 3 heterocycles. The predicted octanol–water partition coefficient (Wildman–Crippen LogP) is 1.03. The quantitative estimate of drug-likeness (QED) is 0.868. The highest BCUT2D eigenvalue weighted by molar-refractivity contribution is 5.94. The van der Waals surface area contributed by atoms with Crippen LogP contribution in [0.2, 0.25) is 0 Å². The highest BCUT2D eigenvalue weighted by atomic mass is 16.2. The van der Waals surface area contributed by atoms with Gasteiger partial charge in [0.1, 0.15) is 17.7 Å². The number of allylic oxidation sites excluding steroid dienone is 3. The second-order valence-corrected chi connectivity index (χ2v) is 5.64. The van der Waals surface area contributed by atoms with Crippen molar-refractivity contribution in [1.29, 1.82) is 0 Å². The third kappa shape index (κ3) is 2.36. The fraction of sp³-hybridized carbons (Fsp3) is 0.312. The van der Waals surface area contributed by atoms with Crippen molar-refractivity contribution in [3.8, 4) is 0 Å². The van der Waals surface area contributed by atoms with Crippen LogP contribution in [0.1, 0.15) is 18.7 Å². The van der Waals surface area contributed by atoms with Gasteiger partial charge in [-0.15, -0.1) is 0 Å². The van der Waals surface area contributed by atoms with Gasteiger partial charge in [-0.1, -0.05) is 6.08 Å². The Morgan fingerprint density at radius 1 is 1.32 bits per heavy atom. The molecule has 0 spiro atoms. The summed E-state index contributed by atoms with van der Waals surface area (Å²) < 4.78 is 0. The van der Waals surface area contributed by atoms with E-state index in [2.05, 4.69) is 25.5 Å². The zero-order valence-corrected chi connectivity index (χ0v) is 12.1. The van der Waals surface area contributed by atoms with Gasteiger partial charge in [-0.3, -0.25) is 4.79 Å². The molecule has 112 valence electrons. The Labute approximate surface area is 128 Å². The maximum absolute atomic E-state index is 12.5. The molecule has 1 aromatic heterocycles. The standard InChI is InChI=1S/C16H17N5O/c22-16(19-10-13-17-7-3-8-18-13)14-12-4-1-2-9-21(12)15(20-14)11-5-6-11/h1-4,7-9,11,15,20H,5-6,10H2,(H,19,22). The van der Waals surface area contributed by atoms with Gasteiger partial charge in [0.2, 0.25) is 0 Å². The smallest absolute Gasteiger partial charge is 0.269 e. The number of rotatable bonds is 4. The van der Waals surface area contributed by atoms with E-state index >= 15 is 0 Å². The summed E-state index contributed by atoms with van der Waals surface area (Å²) in [4.78, 5) is 22.9. The molecular weight excluding hydrogens is 278 g/mol. The lowest BCUT2D eigenvalue weighted by molar-refractivity contribution is -0.118. The Kier molecular flexibility index (Phi) is 3.14. The largest absolute Gasteiger partial charge is 0.358 e. The van der Waals surface area contributed by atoms with Crippen LogP contribution in [0.5, 0.6) is 0 Å². The van der Waals surface area contributed by atoms with E-state index in [0.29, 0.717) is 24.0 Å². The molecule has 0 aromatic carbocycles. The Morgan fingerprint density at radius 2 is 2.14 bits per heavy atom. The number of fused-ring (bicyclic) bond motifs is 1. The Hall–Kier alpha value is -2.63. The number of hydrogen-bond acceptors (Lipinski definition) is 5. The minimum atomic E-state index is -0.115. The van der Waals surface area contributed by atoms with Crippen molar-refractivity contribution >= 4 is 5.91 Å². The Morgan fingerprint density at radius 3 is 2.91 bits per heavy atom. The number of aromatic nitrogens is 2. The van der Waals surface area contributed by atoms with Gasteiger partial charge in [0.15, 0.2) is 0 Å². The maximum atomic E-state index is 12.5. The van der Waals surface area contributed by atoms with Crippen molar-refractivity contribution in [3.63, 3.8) is 0 Å². The summed E-state index contributed by atoms with van der Waals surface area (Å²) in [6.45, 7) is 0.325. The Bertz CT molecular complexity index is 675. The number of amides is 1. The summed E-state index contributed by atoms with van der Waals surface area (Å²) in [5, 5.41) is 6.27. The van der Waals surface area contributed by atoms with Gasteiger partial charge in [0.25, 0.3) is 5.91 Å². The van der Waals surface area contributed by atoms with Crippen molar-refractivity contribution in [3.05, 3.63) is 60.1 Å². The van der Waals surface area contributed by atoms with Gasteiger partial charge in [-0.05, 0) is 37.0 Å². The van der Waals surface area contributed by atoms with Crippen molar-refractivity contribution < 1.29 is 4.79 Å². The molecule has 2 N–H and O–H groups in total. The normalized spacial score (nSPS) is 22.5. The van der Waals surface area contributed by atoms with E-state index in [0.717, 1.165) is 5.70 Å². The highest BCUT2D eigenvalue weighted by Gasteiger charge is 2.42. The SMILES string of the molecule is O=C(NCc1ncccn1)C1=C2C=CC=CN2C(C2CC2)N1. The Balaban J connectivity index is 1.49. The number of nitrogens with zero attached hydrogens (tertiary/aromatic N) is 3. The summed E-state index contributed by atoms with van der Waals surface area (Å²) in [6.07, 6.45) is 13.9. The molecular formula is C16H17N5O. The molecule has 4 rings (SSSR count). The molecule has 0 bridgehead atoms. The number of carbonyl (C=O) groups excluding carboxylic acids is 1. The zero-order valence-electron chi connectivity index (χ0n) is 12.1. The number of carbonyl (C=O) groups is 1. The van der Waals surface area contributed by atoms with E-state index in [-0.39, 0.29) is 12.1 Å². The lowest BCUT2D eigenvalue weighted by Crippen LogP contribution is -2.38. The summed E-state index contributed by atoms with van der Waals surface area (Å²) in [5.41, 5.74) is 1.57. The third-order valence-corrected chi connectivity index (χ3v) is 4.06. The molecule has 1 unspecified atom stereocenters. The molecule has 1 saturated carbocycles. The fourth-order valence-corrected chi connectivity index (χ4v) is 2.81. The van der Waals surface area contributed by atoms with Crippen molar-refractivity contribution in [2.75, 3.05) is 0 Å². The lowest BCUT2D eigenvalue weighted by Gasteiger charge is -2.25. The third-order valence-electron chi connectivity index (χ3n) is 4.06. The first-order chi connectivity index (χ1) is 10.8. The summed E-state index contributed by atoms with van der Waals surface area (Å²) in [5.74, 6) is 1.11. The number of nitrogens with one attached hydrogen (secondary N) is 2. The molecule has 3 aliphatic rings. The molecule has 6 heteroatoms. The van der Waals surface area contributed by atoms with Gasteiger partial charge in [0.05, 0.1) is 12.2 Å². The van der Waals surface area contributed by atoms with Crippen LogP contribution in [-0.4, -0.2) is 26.9 Å². The molecule has 22 heavy (non-hydrogen) atoms. The summed E-state index contributed by atoms with van der Waals surface area (Å²) in [6, 6.07) is 1.76. The molecule has 0 saturated heterocycles. The van der Waals surface area contributed by atoms with Crippen molar-refractivity contribution in [2.24, 2.45) is 5.92 Å². The van der Waals surface area contributed by atoms with Gasteiger partial charge >= 0.3 is 0 Å². The second kappa shape index (κ2) is 5.29. The van der Waals surface area contributed by atoms with E-state index < -0.39 is 0 Å². The van der Waals surface area contributed by atoms with Crippen LogP contribution in [0.4, 0.5) is 0 Å². The monoisotopic (exact) mass is 295 g/mol. The summed E-state index contributed by atoms with van der Waals surface area (Å²) >= 11 is 0. The van der Waals surface area contributed by atoms with Crippen LogP contribution in [0.3, 0.4) is 0 Å². The van der Waals surface area contributed by atoms with E-state index in [1.165, 1.54) is 12.8 Å². The fourth-order valence-electron chi connectivity index (χ4n) is 2.81. The second-order valence-electron chi connectivity index (χ2n) is 5.64. The van der Waals surface area contributed by atoms with Crippen LogP contribution in [0, 0.1) is 5.92 Å². The zero-order chi connectivity index (χ0) is 14.9. The molecule has 6 nitrogen and oxygen atoms in total. The molecule has 0 radical (unpaired) electrons. The van der Waals surface area contributed by atoms with Gasteiger partial charge in [-0.25, -0.2) is 9.97 Å². The predicted molar refractivity (Wildman–Crippen MR) is 80.7 cm³/mol.